The molecule has 0 amide bonds. The highest BCUT2D eigenvalue weighted by atomic mass is 32.1. The zero-order chi connectivity index (χ0) is 46.1. The van der Waals surface area contributed by atoms with Crippen molar-refractivity contribution in [2.75, 3.05) is 0 Å². The molecule has 0 spiro atoms. The Morgan fingerprint density at radius 1 is 0.440 bits per heavy atom. The van der Waals surface area contributed by atoms with Gasteiger partial charge in [-0.2, -0.15) is 0 Å². The second kappa shape index (κ2) is 11.6. The Labute approximate surface area is 313 Å². The maximum Gasteiger partial charge on any atom is 0.164 e. The largest absolute Gasteiger partial charge is 0.309 e. The quantitative estimate of drug-likeness (QED) is 0.183. The number of nitrogens with zero attached hydrogens (tertiary/aromatic N) is 4. The van der Waals surface area contributed by atoms with Gasteiger partial charge in [0, 0.05) is 53.3 Å². The van der Waals surface area contributed by atoms with Crippen LogP contribution in [0, 0.1) is 0 Å². The van der Waals surface area contributed by atoms with Crippen molar-refractivity contribution >= 4 is 53.3 Å². The highest BCUT2D eigenvalue weighted by Gasteiger charge is 2.15. The van der Waals surface area contributed by atoms with Gasteiger partial charge in [-0.15, -0.1) is 11.3 Å². The summed E-state index contributed by atoms with van der Waals surface area (Å²) in [5.41, 5.74) is 2.82. The fraction of sp³-hybridized carbons (Fsp3) is 0. The molecule has 0 saturated carbocycles. The molecule has 0 aliphatic heterocycles. The maximum absolute atomic E-state index is 9.32. The van der Waals surface area contributed by atoms with Crippen molar-refractivity contribution in [2.24, 2.45) is 0 Å². The van der Waals surface area contributed by atoms with Gasteiger partial charge in [0.1, 0.15) is 0 Å². The van der Waals surface area contributed by atoms with Crippen LogP contribution in [0.5, 0.6) is 0 Å². The molecular formula is C45H28N4S. The first-order valence-electron chi connectivity index (χ1n) is 23.0. The fourth-order valence-corrected chi connectivity index (χ4v) is 7.03. The second-order valence-corrected chi connectivity index (χ2v) is 12.4. The van der Waals surface area contributed by atoms with Crippen LogP contribution >= 0.6 is 11.3 Å². The SMILES string of the molecule is [2H]c1c([2H])c([2H])c2c(sc3c([2H])c(-c4nc(-c5ccccc5)nc(-c5ccc(-c6cccc(-n7c8c([2H])c([2H])c([2H])c([2H])c8c8c([2H])c([2H])c([2H])c([2H])c87)c6)cc5)n4)c([2H])c([2H])c32)c1[2H]. The van der Waals surface area contributed by atoms with E-state index < -0.39 is 66.5 Å². The summed E-state index contributed by atoms with van der Waals surface area (Å²) < 4.78 is 132. The number of hydrogen-bond donors (Lipinski definition) is 0. The van der Waals surface area contributed by atoms with Gasteiger partial charge in [-0.25, -0.2) is 15.0 Å². The molecule has 4 nitrogen and oxygen atoms in total. The molecule has 10 rings (SSSR count). The van der Waals surface area contributed by atoms with Crippen LogP contribution in [0.1, 0.15) is 20.6 Å². The lowest BCUT2D eigenvalue weighted by atomic mass is 10.0. The van der Waals surface area contributed by atoms with Gasteiger partial charge >= 0.3 is 0 Å². The highest BCUT2D eigenvalue weighted by Crippen LogP contribution is 2.37. The number of rotatable bonds is 5. The summed E-state index contributed by atoms with van der Waals surface area (Å²) in [6.45, 7) is 0. The van der Waals surface area contributed by atoms with Gasteiger partial charge in [-0.05, 0) is 47.4 Å². The average molecular weight is 672 g/mol. The number of benzene rings is 7. The summed E-state index contributed by atoms with van der Waals surface area (Å²) in [7, 11) is 0. The average Bonchev–Trinajstić information content (AvgIpc) is 3.91. The van der Waals surface area contributed by atoms with E-state index in [0.717, 1.165) is 11.3 Å². The number of fused-ring (bicyclic) bond motifs is 6. The number of para-hydroxylation sites is 2. The standard InChI is InChI=1S/C45H28N4S/c1-2-11-30(12-3-1)43-46-44(48-45(47-43)33-25-26-38-37-17-6-9-20-41(37)50-42(38)28-33)31-23-21-29(22-24-31)32-13-10-14-34(27-32)49-39-18-7-4-15-35(39)36-16-5-8-19-40(36)49/h1-28H/i4D,5D,6D,7D,8D,9D,15D,16D,17D,18D,19D,20D,25D,26D,28D. The van der Waals surface area contributed by atoms with Crippen molar-refractivity contribution in [1.29, 1.82) is 0 Å². The van der Waals surface area contributed by atoms with E-state index in [4.69, 9.17) is 34.1 Å². The molecular weight excluding hydrogens is 629 g/mol. The van der Waals surface area contributed by atoms with Gasteiger partial charge in [-0.3, -0.25) is 0 Å². The summed E-state index contributed by atoms with van der Waals surface area (Å²) in [6.07, 6.45) is 0. The van der Waals surface area contributed by atoms with Gasteiger partial charge < -0.3 is 4.57 Å². The zero-order valence-corrected chi connectivity index (χ0v) is 26.5. The summed E-state index contributed by atoms with van der Waals surface area (Å²) >= 11 is 0.949. The first kappa shape index (κ1) is 17.3. The molecule has 10 aromatic rings. The summed E-state index contributed by atoms with van der Waals surface area (Å²) in [4.78, 5) is 14.2. The second-order valence-electron chi connectivity index (χ2n) is 11.3. The molecule has 3 aromatic heterocycles. The molecule has 234 valence electrons. The minimum Gasteiger partial charge on any atom is -0.309 e. The monoisotopic (exact) mass is 671 g/mol. The first-order valence-corrected chi connectivity index (χ1v) is 16.3. The van der Waals surface area contributed by atoms with Crippen LogP contribution in [0.25, 0.3) is 93.0 Å². The molecule has 50 heavy (non-hydrogen) atoms. The van der Waals surface area contributed by atoms with Crippen LogP contribution in [0.2, 0.25) is 0 Å². The predicted molar refractivity (Wildman–Crippen MR) is 209 cm³/mol. The van der Waals surface area contributed by atoms with Crippen LogP contribution < -0.4 is 0 Å². The van der Waals surface area contributed by atoms with Crippen LogP contribution in [-0.2, 0) is 0 Å². The Kier molecular flexibility index (Phi) is 4.02. The Hall–Kier alpha value is -6.43. The van der Waals surface area contributed by atoms with Gasteiger partial charge in [0.05, 0.1) is 31.6 Å². The Bertz CT molecular complexity index is 3650. The van der Waals surface area contributed by atoms with Crippen molar-refractivity contribution in [1.82, 2.24) is 19.5 Å². The van der Waals surface area contributed by atoms with Crippen LogP contribution in [0.3, 0.4) is 0 Å². The first-order chi connectivity index (χ1) is 31.0. The third kappa shape index (κ3) is 4.79. The lowest BCUT2D eigenvalue weighted by Gasteiger charge is -2.11. The minimum absolute atomic E-state index is 0.00680. The lowest BCUT2D eigenvalue weighted by Crippen LogP contribution is -2.00. The van der Waals surface area contributed by atoms with E-state index in [9.17, 15) is 1.37 Å². The van der Waals surface area contributed by atoms with Crippen molar-refractivity contribution in [3.63, 3.8) is 0 Å². The Balaban J connectivity index is 1.12. The topological polar surface area (TPSA) is 43.6 Å². The molecule has 0 N–H and O–H groups in total. The number of thiophene rings is 1. The molecule has 0 bridgehead atoms. The molecule has 5 heteroatoms. The third-order valence-corrected chi connectivity index (χ3v) is 9.41. The molecule has 0 fully saturated rings. The van der Waals surface area contributed by atoms with E-state index in [0.29, 0.717) is 27.9 Å². The van der Waals surface area contributed by atoms with E-state index in [1.807, 2.05) is 12.1 Å². The molecule has 0 aliphatic carbocycles. The smallest absolute Gasteiger partial charge is 0.164 e. The normalized spacial score (nSPS) is 15.8. The Morgan fingerprint density at radius 3 is 1.72 bits per heavy atom. The molecule has 0 radical (unpaired) electrons. The van der Waals surface area contributed by atoms with Gasteiger partial charge in [0.2, 0.25) is 0 Å². The van der Waals surface area contributed by atoms with Crippen LogP contribution in [-0.4, -0.2) is 19.5 Å². The van der Waals surface area contributed by atoms with Crippen molar-refractivity contribution in [3.8, 4) is 51.0 Å². The van der Waals surface area contributed by atoms with Crippen LogP contribution in [0.4, 0.5) is 0 Å². The van der Waals surface area contributed by atoms with E-state index in [-0.39, 0.29) is 89.2 Å². The maximum atomic E-state index is 9.32. The molecule has 0 atom stereocenters. The number of aromatic nitrogens is 4. The van der Waals surface area contributed by atoms with Crippen molar-refractivity contribution in [3.05, 3.63) is 169 Å². The van der Waals surface area contributed by atoms with Gasteiger partial charge in [-0.1, -0.05) is 133 Å². The van der Waals surface area contributed by atoms with Gasteiger partial charge in [0.15, 0.2) is 17.5 Å². The van der Waals surface area contributed by atoms with E-state index in [1.54, 1.807) is 66.7 Å². The van der Waals surface area contributed by atoms with E-state index in [1.165, 1.54) is 4.57 Å². The van der Waals surface area contributed by atoms with E-state index in [2.05, 4.69) is 0 Å². The third-order valence-electron chi connectivity index (χ3n) is 8.39. The van der Waals surface area contributed by atoms with Crippen molar-refractivity contribution in [2.45, 2.75) is 0 Å². The molecule has 0 aliphatic rings. The van der Waals surface area contributed by atoms with Crippen molar-refractivity contribution < 1.29 is 20.6 Å². The lowest BCUT2D eigenvalue weighted by molar-refractivity contribution is 1.07. The fourth-order valence-electron chi connectivity index (χ4n) is 6.06. The van der Waals surface area contributed by atoms with E-state index >= 15 is 0 Å². The molecule has 7 aromatic carbocycles. The number of hydrogen-bond acceptors (Lipinski definition) is 4. The zero-order valence-electron chi connectivity index (χ0n) is 40.7. The van der Waals surface area contributed by atoms with Gasteiger partial charge in [0.25, 0.3) is 0 Å². The minimum atomic E-state index is -0.526. The predicted octanol–water partition coefficient (Wildman–Crippen LogP) is 12.0. The summed E-state index contributed by atoms with van der Waals surface area (Å²) in [6, 6.07) is 16.9. The molecule has 0 saturated heterocycles. The summed E-state index contributed by atoms with van der Waals surface area (Å²) in [5, 5.41) is 0.121. The molecule has 3 heterocycles. The van der Waals surface area contributed by atoms with Crippen LogP contribution in [0.15, 0.2) is 169 Å². The Morgan fingerprint density at radius 2 is 1.00 bits per heavy atom. The highest BCUT2D eigenvalue weighted by molar-refractivity contribution is 7.25. The summed E-state index contributed by atoms with van der Waals surface area (Å²) in [5.74, 6) is 0.352. The molecule has 0 unspecified atom stereocenters.